The summed E-state index contributed by atoms with van der Waals surface area (Å²) < 4.78 is 4.52. The summed E-state index contributed by atoms with van der Waals surface area (Å²) in [6.07, 6.45) is 0. The quantitative estimate of drug-likeness (QED) is 0.357. The Morgan fingerprint density at radius 2 is 2.29 bits per heavy atom. The van der Waals surface area contributed by atoms with Gasteiger partial charge in [0.25, 0.3) is 0 Å². The second kappa shape index (κ2) is 2.79. The van der Waals surface area contributed by atoms with E-state index in [0.29, 0.717) is 0 Å². The van der Waals surface area contributed by atoms with Crippen molar-refractivity contribution in [2.24, 2.45) is 0 Å². The molecule has 0 amide bonds. The molecule has 1 atom stereocenters. The lowest BCUT2D eigenvalue weighted by Gasteiger charge is -2.01. The molecule has 0 saturated carbocycles. The molecular weight excluding hydrogens is 108 g/mol. The van der Waals surface area contributed by atoms with Crippen LogP contribution in [-0.4, -0.2) is 21.9 Å². The Morgan fingerprint density at radius 1 is 1.86 bits per heavy atom. The maximum atomic E-state index is 10.0. The van der Waals surface area contributed by atoms with Gasteiger partial charge >= 0.3 is 5.97 Å². The lowest BCUT2D eigenvalue weighted by Crippen LogP contribution is -2.10. The van der Waals surface area contributed by atoms with E-state index in [9.17, 15) is 4.79 Å². The molecule has 0 heterocycles. The molecule has 2 nitrogen and oxygen atoms in total. The first-order valence-corrected chi connectivity index (χ1v) is 2.59. The third-order valence-corrected chi connectivity index (χ3v) is 0.461. The Bertz CT molecular complexity index is 70.1. The van der Waals surface area contributed by atoms with Gasteiger partial charge in [0.15, 0.2) is 0 Å². The number of carbonyl (C=O) groups is 1. The number of hydrogen-bond donors (Lipinski definition) is 0. The first kappa shape index (κ1) is 6.69. The fraction of sp³-hybridized carbons (Fsp3) is 0.750. The molecule has 39 valence electrons. The largest absolute Gasteiger partial charge is 0.468 e. The minimum absolute atomic E-state index is 0.169. The zero-order chi connectivity index (χ0) is 5.86. The zero-order valence-electron chi connectivity index (χ0n) is 4.39. The maximum Gasteiger partial charge on any atom is 0.302 e. The van der Waals surface area contributed by atoms with Crippen molar-refractivity contribution in [3.05, 3.63) is 0 Å². The van der Waals surface area contributed by atoms with E-state index in [0.717, 1.165) is 0 Å². The van der Waals surface area contributed by atoms with E-state index >= 15 is 0 Å². The van der Waals surface area contributed by atoms with Gasteiger partial charge in [0.2, 0.25) is 0 Å². The summed E-state index contributed by atoms with van der Waals surface area (Å²) in [5, 5.41) is 0. The van der Waals surface area contributed by atoms with E-state index < -0.39 is 0 Å². The van der Waals surface area contributed by atoms with Gasteiger partial charge in [-0.15, -0.1) is 0 Å². The standard InChI is InChI=1S/C4H7O2Si/c1-3(5)6-4(2)7/h4H,1-2H3. The second-order valence-corrected chi connectivity index (χ2v) is 2.06. The average molecular weight is 115 g/mol. The van der Waals surface area contributed by atoms with E-state index in [4.69, 9.17) is 0 Å². The van der Waals surface area contributed by atoms with Crippen LogP contribution in [0.15, 0.2) is 0 Å². The highest BCUT2D eigenvalue weighted by molar-refractivity contribution is 6.11. The Morgan fingerprint density at radius 3 is 2.29 bits per heavy atom. The molecule has 3 radical (unpaired) electrons. The first-order valence-electron chi connectivity index (χ1n) is 2.01. The molecule has 0 N–H and O–H groups in total. The number of rotatable bonds is 1. The Hall–Kier alpha value is -0.313. The van der Waals surface area contributed by atoms with Crippen LogP contribution in [0.1, 0.15) is 13.8 Å². The van der Waals surface area contributed by atoms with Crippen molar-refractivity contribution in [2.75, 3.05) is 0 Å². The molecule has 3 heteroatoms. The molecule has 0 aromatic rings. The normalized spacial score (nSPS) is 13.0. The van der Waals surface area contributed by atoms with Gasteiger partial charge in [-0.1, -0.05) is 0 Å². The van der Waals surface area contributed by atoms with Gasteiger partial charge in [0, 0.05) is 6.92 Å². The highest BCUT2D eigenvalue weighted by atomic mass is 28.1. The van der Waals surface area contributed by atoms with Crippen LogP contribution in [0.2, 0.25) is 0 Å². The SMILES string of the molecule is CC(=O)OC(C)[Si]. The third kappa shape index (κ3) is 5.69. The van der Waals surface area contributed by atoms with Crippen molar-refractivity contribution < 1.29 is 9.53 Å². The molecular formula is C4H7O2Si. The molecule has 0 aromatic heterocycles. The van der Waals surface area contributed by atoms with Crippen LogP contribution in [0.4, 0.5) is 0 Å². The van der Waals surface area contributed by atoms with E-state index in [-0.39, 0.29) is 11.7 Å². The van der Waals surface area contributed by atoms with E-state index in [2.05, 4.69) is 15.0 Å². The summed E-state index contributed by atoms with van der Waals surface area (Å²) in [6, 6.07) is 0. The Kier molecular flexibility index (Phi) is 2.67. The van der Waals surface area contributed by atoms with Gasteiger partial charge in [0.05, 0.1) is 16.0 Å². The minimum atomic E-state index is -0.262. The molecule has 1 unspecified atom stereocenters. The minimum Gasteiger partial charge on any atom is -0.468 e. The molecule has 0 aromatic carbocycles. The van der Waals surface area contributed by atoms with Gasteiger partial charge in [-0.3, -0.25) is 4.79 Å². The summed E-state index contributed by atoms with van der Waals surface area (Å²) in [4.78, 5) is 10.0. The van der Waals surface area contributed by atoms with Crippen molar-refractivity contribution >= 4 is 16.2 Å². The number of ether oxygens (including phenoxy) is 1. The summed E-state index contributed by atoms with van der Waals surface area (Å²) in [5.74, 6) is -0.262. The van der Waals surface area contributed by atoms with Gasteiger partial charge in [0.1, 0.15) is 0 Å². The summed E-state index contributed by atoms with van der Waals surface area (Å²) in [7, 11) is 3.08. The van der Waals surface area contributed by atoms with Crippen molar-refractivity contribution in [3.8, 4) is 0 Å². The fourth-order valence-corrected chi connectivity index (χ4v) is 0.415. The molecule has 0 rings (SSSR count). The molecule has 0 fully saturated rings. The fourth-order valence-electron chi connectivity index (χ4n) is 0.249. The van der Waals surface area contributed by atoms with Gasteiger partial charge in [-0.05, 0) is 6.92 Å². The highest BCUT2D eigenvalue weighted by Crippen LogP contribution is 1.81. The smallest absolute Gasteiger partial charge is 0.302 e. The van der Waals surface area contributed by atoms with Crippen LogP contribution < -0.4 is 0 Å². The van der Waals surface area contributed by atoms with Crippen molar-refractivity contribution in [2.45, 2.75) is 19.6 Å². The maximum absolute atomic E-state index is 10.0. The van der Waals surface area contributed by atoms with Crippen LogP contribution in [0.25, 0.3) is 0 Å². The predicted molar refractivity (Wildman–Crippen MR) is 27.0 cm³/mol. The Balaban J connectivity index is 3.13. The van der Waals surface area contributed by atoms with Gasteiger partial charge < -0.3 is 4.74 Å². The number of hydrogen-bond acceptors (Lipinski definition) is 2. The Labute approximate surface area is 46.3 Å². The van der Waals surface area contributed by atoms with E-state index in [1.807, 2.05) is 0 Å². The molecule has 0 aliphatic carbocycles. The van der Waals surface area contributed by atoms with Crippen LogP contribution in [0.5, 0.6) is 0 Å². The molecule has 0 spiro atoms. The second-order valence-electron chi connectivity index (χ2n) is 1.25. The number of carbonyl (C=O) groups excluding carboxylic acids is 1. The molecule has 0 saturated heterocycles. The average Bonchev–Trinajstić information content (AvgIpc) is 1.27. The summed E-state index contributed by atoms with van der Waals surface area (Å²) in [5.41, 5.74) is -0.169. The molecule has 7 heavy (non-hydrogen) atoms. The molecule has 0 aliphatic heterocycles. The summed E-state index contributed by atoms with van der Waals surface area (Å²) in [6.45, 7) is 3.11. The van der Waals surface area contributed by atoms with E-state index in [1.54, 1.807) is 6.92 Å². The van der Waals surface area contributed by atoms with Crippen molar-refractivity contribution in [3.63, 3.8) is 0 Å². The van der Waals surface area contributed by atoms with Crippen LogP contribution in [-0.2, 0) is 9.53 Å². The molecule has 0 bridgehead atoms. The highest BCUT2D eigenvalue weighted by Gasteiger charge is 1.93. The zero-order valence-corrected chi connectivity index (χ0v) is 5.39. The summed E-state index contributed by atoms with van der Waals surface area (Å²) >= 11 is 0. The lowest BCUT2D eigenvalue weighted by molar-refractivity contribution is -0.142. The van der Waals surface area contributed by atoms with Crippen molar-refractivity contribution in [1.82, 2.24) is 0 Å². The van der Waals surface area contributed by atoms with Gasteiger partial charge in [-0.25, -0.2) is 0 Å². The van der Waals surface area contributed by atoms with Crippen molar-refractivity contribution in [1.29, 1.82) is 0 Å². The number of esters is 1. The van der Waals surface area contributed by atoms with Gasteiger partial charge in [-0.2, -0.15) is 0 Å². The topological polar surface area (TPSA) is 26.3 Å². The predicted octanol–water partition coefficient (Wildman–Crippen LogP) is 0.0640. The van der Waals surface area contributed by atoms with Crippen LogP contribution in [0, 0.1) is 0 Å². The van der Waals surface area contributed by atoms with Crippen LogP contribution >= 0.6 is 0 Å². The lowest BCUT2D eigenvalue weighted by atomic mass is 10.8. The first-order chi connectivity index (χ1) is 3.13. The van der Waals surface area contributed by atoms with Crippen LogP contribution in [0.3, 0.4) is 0 Å². The van der Waals surface area contributed by atoms with E-state index in [1.165, 1.54) is 6.92 Å². The third-order valence-electron chi connectivity index (χ3n) is 0.343. The monoisotopic (exact) mass is 115 g/mol. The molecule has 0 aliphatic rings.